The minimum Gasteiger partial charge on any atom is -0.384 e. The molecule has 0 saturated heterocycles. The molecule has 3 rings (SSSR count). The van der Waals surface area contributed by atoms with Crippen LogP contribution < -0.4 is 4.90 Å². The van der Waals surface area contributed by atoms with Gasteiger partial charge < -0.3 is 9.64 Å². The third-order valence-corrected chi connectivity index (χ3v) is 4.87. The van der Waals surface area contributed by atoms with Crippen molar-refractivity contribution in [1.29, 1.82) is 0 Å². The van der Waals surface area contributed by atoms with Crippen LogP contribution in [-0.4, -0.2) is 31.0 Å². The second-order valence-electron chi connectivity index (χ2n) is 5.12. The predicted molar refractivity (Wildman–Crippen MR) is 84.1 cm³/mol. The number of nitrogens with zero attached hydrogens (tertiary/aromatic N) is 2. The molecule has 1 aliphatic rings. The number of fused-ring (bicyclic) bond motifs is 1. The summed E-state index contributed by atoms with van der Waals surface area (Å²) in [5.41, 5.74) is 2.41. The molecule has 0 saturated carbocycles. The molecular weight excluding hydrogens is 284 g/mol. The van der Waals surface area contributed by atoms with Gasteiger partial charge in [-0.3, -0.25) is 9.78 Å². The number of hydrogen-bond donors (Lipinski definition) is 0. The molecule has 0 fully saturated rings. The summed E-state index contributed by atoms with van der Waals surface area (Å²) in [5, 5.41) is 0. The van der Waals surface area contributed by atoms with Gasteiger partial charge in [0.2, 0.25) is 0 Å². The first-order valence-electron chi connectivity index (χ1n) is 7.06. The van der Waals surface area contributed by atoms with Crippen molar-refractivity contribution in [3.05, 3.63) is 45.9 Å². The quantitative estimate of drug-likeness (QED) is 0.770. The Kier molecular flexibility index (Phi) is 4.31. The molecule has 3 heterocycles. The Morgan fingerprint density at radius 1 is 1.52 bits per heavy atom. The average molecular weight is 302 g/mol. The fourth-order valence-corrected chi connectivity index (χ4v) is 3.69. The maximum Gasteiger partial charge on any atom is 0.175 e. The van der Waals surface area contributed by atoms with Crippen molar-refractivity contribution in [2.75, 3.05) is 25.2 Å². The molecule has 0 aliphatic carbocycles. The molecule has 21 heavy (non-hydrogen) atoms. The van der Waals surface area contributed by atoms with Gasteiger partial charge in [0.05, 0.1) is 17.2 Å². The molecule has 0 unspecified atom stereocenters. The average Bonchev–Trinajstić information content (AvgIpc) is 3.08. The molecule has 0 atom stereocenters. The summed E-state index contributed by atoms with van der Waals surface area (Å²) in [7, 11) is 1.62. The molecule has 0 amide bonds. The molecular formula is C16H18N2O2S. The van der Waals surface area contributed by atoms with Crippen LogP contribution in [0.25, 0.3) is 0 Å². The van der Waals surface area contributed by atoms with E-state index in [-0.39, 0.29) is 5.78 Å². The van der Waals surface area contributed by atoms with E-state index in [0.29, 0.717) is 13.0 Å². The topological polar surface area (TPSA) is 42.4 Å². The number of methoxy groups -OCH3 is 1. The van der Waals surface area contributed by atoms with Crippen LogP contribution in [0.4, 0.5) is 5.69 Å². The van der Waals surface area contributed by atoms with Crippen LogP contribution in [0.2, 0.25) is 0 Å². The molecule has 1 aliphatic heterocycles. The van der Waals surface area contributed by atoms with Crippen molar-refractivity contribution in [2.24, 2.45) is 0 Å². The first-order valence-corrected chi connectivity index (χ1v) is 7.88. The Bertz CT molecular complexity index is 624. The van der Waals surface area contributed by atoms with Gasteiger partial charge in [0.15, 0.2) is 5.78 Å². The number of ketones is 1. The van der Waals surface area contributed by atoms with Crippen LogP contribution in [-0.2, 0) is 17.7 Å². The number of thiophene rings is 1. The van der Waals surface area contributed by atoms with E-state index in [1.165, 1.54) is 16.1 Å². The van der Waals surface area contributed by atoms with Crippen LogP contribution >= 0.6 is 11.3 Å². The van der Waals surface area contributed by atoms with Crippen molar-refractivity contribution < 1.29 is 9.53 Å². The molecule has 0 aromatic carbocycles. The number of carbonyl (C=O) groups is 1. The molecule has 5 heteroatoms. The number of carbonyl (C=O) groups excluding carboxylic acids is 1. The lowest BCUT2D eigenvalue weighted by molar-refractivity contribution is 0.0936. The smallest absolute Gasteiger partial charge is 0.175 e. The number of Topliss-reactive ketones (excluding diaryl/α,β-unsaturated/α-hetero) is 1. The molecule has 2 aromatic rings. The number of anilines is 1. The highest BCUT2D eigenvalue weighted by molar-refractivity contribution is 7.14. The molecule has 110 valence electrons. The van der Waals surface area contributed by atoms with Gasteiger partial charge in [0.25, 0.3) is 0 Å². The maximum absolute atomic E-state index is 12.1. The van der Waals surface area contributed by atoms with Gasteiger partial charge in [-0.1, -0.05) is 6.07 Å². The number of ether oxygens (including phenoxy) is 1. The van der Waals surface area contributed by atoms with Crippen LogP contribution in [0.5, 0.6) is 0 Å². The van der Waals surface area contributed by atoms with Crippen molar-refractivity contribution >= 4 is 22.8 Å². The van der Waals surface area contributed by atoms with Crippen LogP contribution in [0.3, 0.4) is 0 Å². The third-order valence-electron chi connectivity index (χ3n) is 3.64. The highest BCUT2D eigenvalue weighted by Gasteiger charge is 2.24. The van der Waals surface area contributed by atoms with E-state index in [4.69, 9.17) is 4.74 Å². The van der Waals surface area contributed by atoms with Crippen molar-refractivity contribution in [2.45, 2.75) is 19.4 Å². The second-order valence-corrected chi connectivity index (χ2v) is 6.25. The number of aromatic nitrogens is 1. The van der Waals surface area contributed by atoms with Crippen molar-refractivity contribution in [1.82, 2.24) is 4.98 Å². The summed E-state index contributed by atoms with van der Waals surface area (Å²) >= 11 is 1.63. The molecule has 4 nitrogen and oxygen atoms in total. The van der Waals surface area contributed by atoms with Crippen LogP contribution in [0, 0.1) is 0 Å². The molecule has 0 bridgehead atoms. The van der Waals surface area contributed by atoms with Gasteiger partial charge in [-0.05, 0) is 17.7 Å². The molecule has 0 spiro atoms. The highest BCUT2D eigenvalue weighted by Crippen LogP contribution is 2.37. The van der Waals surface area contributed by atoms with E-state index in [1.54, 1.807) is 24.6 Å². The summed E-state index contributed by atoms with van der Waals surface area (Å²) in [6, 6.07) is 6.09. The second kappa shape index (κ2) is 6.37. The summed E-state index contributed by atoms with van der Waals surface area (Å²) in [6.07, 6.45) is 5.17. The summed E-state index contributed by atoms with van der Waals surface area (Å²) in [4.78, 5) is 20.7. The zero-order valence-corrected chi connectivity index (χ0v) is 12.9. The van der Waals surface area contributed by atoms with Gasteiger partial charge in [0, 0.05) is 50.3 Å². The number of rotatable bonds is 6. The molecule has 0 N–H and O–H groups in total. The van der Waals surface area contributed by atoms with Gasteiger partial charge in [-0.2, -0.15) is 0 Å². The molecule has 0 radical (unpaired) electrons. The Morgan fingerprint density at radius 2 is 2.43 bits per heavy atom. The zero-order valence-electron chi connectivity index (χ0n) is 12.0. The van der Waals surface area contributed by atoms with E-state index < -0.39 is 0 Å². The lowest BCUT2D eigenvalue weighted by Gasteiger charge is -2.18. The lowest BCUT2D eigenvalue weighted by Crippen LogP contribution is -2.19. The Labute approximate surface area is 128 Å². The standard InChI is InChI=1S/C16H18N2O2S/c1-20-8-5-14(19)16-9-13-15(21-16)4-7-18(13)11-12-3-2-6-17-10-12/h2-3,6,9-10H,4-5,7-8,11H2,1H3. The van der Waals surface area contributed by atoms with E-state index in [0.717, 1.165) is 24.4 Å². The van der Waals surface area contributed by atoms with Gasteiger partial charge in [-0.25, -0.2) is 0 Å². The fourth-order valence-electron chi connectivity index (χ4n) is 2.55. The summed E-state index contributed by atoms with van der Waals surface area (Å²) in [6.45, 7) is 2.35. The third kappa shape index (κ3) is 3.14. The monoisotopic (exact) mass is 302 g/mol. The zero-order chi connectivity index (χ0) is 14.7. The Hall–Kier alpha value is -1.72. The lowest BCUT2D eigenvalue weighted by atomic mass is 10.2. The SMILES string of the molecule is COCCC(=O)c1cc2c(s1)CCN2Cc1cccnc1. The van der Waals surface area contributed by atoms with Crippen LogP contribution in [0.1, 0.15) is 26.5 Å². The van der Waals surface area contributed by atoms with Crippen molar-refractivity contribution in [3.63, 3.8) is 0 Å². The summed E-state index contributed by atoms with van der Waals surface area (Å²) in [5.74, 6) is 0.178. The van der Waals surface area contributed by atoms with E-state index >= 15 is 0 Å². The van der Waals surface area contributed by atoms with Gasteiger partial charge in [-0.15, -0.1) is 11.3 Å². The minimum atomic E-state index is 0.178. The number of hydrogen-bond acceptors (Lipinski definition) is 5. The first-order chi connectivity index (χ1) is 10.3. The minimum absolute atomic E-state index is 0.178. The Morgan fingerprint density at radius 3 is 3.19 bits per heavy atom. The maximum atomic E-state index is 12.1. The number of pyridine rings is 1. The van der Waals surface area contributed by atoms with E-state index in [2.05, 4.69) is 16.0 Å². The van der Waals surface area contributed by atoms with Crippen molar-refractivity contribution in [3.8, 4) is 0 Å². The van der Waals surface area contributed by atoms with Crippen LogP contribution in [0.15, 0.2) is 30.6 Å². The fraction of sp³-hybridized carbons (Fsp3) is 0.375. The molecule has 2 aromatic heterocycles. The predicted octanol–water partition coefficient (Wildman–Crippen LogP) is 2.93. The summed E-state index contributed by atoms with van der Waals surface area (Å²) < 4.78 is 4.98. The van der Waals surface area contributed by atoms with E-state index in [1.807, 2.05) is 18.3 Å². The highest BCUT2D eigenvalue weighted by atomic mass is 32.1. The van der Waals surface area contributed by atoms with Gasteiger partial charge >= 0.3 is 0 Å². The Balaban J connectivity index is 1.73. The largest absolute Gasteiger partial charge is 0.384 e. The van der Waals surface area contributed by atoms with Gasteiger partial charge in [0.1, 0.15) is 0 Å². The normalized spacial score (nSPS) is 13.5. The van der Waals surface area contributed by atoms with E-state index in [9.17, 15) is 4.79 Å². The first kappa shape index (κ1) is 14.2.